The summed E-state index contributed by atoms with van der Waals surface area (Å²) in [5, 5.41) is 14.5. The van der Waals surface area contributed by atoms with Crippen molar-refractivity contribution in [1.29, 1.82) is 0 Å². The van der Waals surface area contributed by atoms with E-state index in [2.05, 4.69) is 21.7 Å². The Labute approximate surface area is 213 Å². The lowest BCUT2D eigenvalue weighted by atomic mass is 10.0. The van der Waals surface area contributed by atoms with Gasteiger partial charge in [0.15, 0.2) is 0 Å². The summed E-state index contributed by atoms with van der Waals surface area (Å²) < 4.78 is 0. The molecule has 9 nitrogen and oxygen atoms in total. The maximum absolute atomic E-state index is 11.5. The van der Waals surface area contributed by atoms with E-state index >= 15 is 0 Å². The van der Waals surface area contributed by atoms with Gasteiger partial charge in [-0.1, -0.05) is 19.9 Å². The zero-order chi connectivity index (χ0) is 26.9. The van der Waals surface area contributed by atoms with Crippen LogP contribution in [0.25, 0.3) is 0 Å². The highest BCUT2D eigenvalue weighted by Gasteiger charge is 2.15. The third-order valence-corrected chi connectivity index (χ3v) is 5.35. The first-order valence-electron chi connectivity index (χ1n) is 12.2. The molecule has 36 heavy (non-hydrogen) atoms. The first-order valence-corrected chi connectivity index (χ1v) is 12.2. The van der Waals surface area contributed by atoms with Crippen molar-refractivity contribution < 1.29 is 19.5 Å². The molecule has 0 unspecified atom stereocenters. The summed E-state index contributed by atoms with van der Waals surface area (Å²) in [5.41, 5.74) is 11.2. The number of aldehydes is 1. The third kappa shape index (κ3) is 10.3. The number of aliphatic hydroxyl groups excluding tert-OH is 1. The van der Waals surface area contributed by atoms with E-state index in [1.807, 2.05) is 63.1 Å². The summed E-state index contributed by atoms with van der Waals surface area (Å²) in [6.07, 6.45) is 3.78. The maximum atomic E-state index is 11.5. The van der Waals surface area contributed by atoms with Crippen molar-refractivity contribution >= 4 is 41.5 Å². The standard InChI is InChI=1S/C13H17N3O2.C12H16N2O2.C2H6/c1-10-4-5-12(7-11(10)8-15-9-14)16-13(18)3-2-6-17;1-14(6-7-15)10-3-4-11-9(8-10)2-5-12(16)13-11;1-2/h4-7,9H,2-3,8H2,1H3,(H2,14,15)(H,16,18);3-4,8,15H,2,5-7H2,1H3,(H,13,16);1-2H3. The molecular weight excluding hydrogens is 458 g/mol. The molecule has 0 atom stereocenters. The molecule has 196 valence electrons. The van der Waals surface area contributed by atoms with Crippen molar-refractivity contribution in [3.63, 3.8) is 0 Å². The average Bonchev–Trinajstić information content (AvgIpc) is 2.89. The normalized spacial score (nSPS) is 11.8. The highest BCUT2D eigenvalue weighted by molar-refractivity contribution is 5.94. The number of likely N-dealkylation sites (N-methyl/N-ethyl adjacent to an activating group) is 1. The zero-order valence-corrected chi connectivity index (χ0v) is 21.7. The number of aryl methyl sites for hydroxylation is 2. The van der Waals surface area contributed by atoms with Crippen molar-refractivity contribution in [2.24, 2.45) is 10.7 Å². The van der Waals surface area contributed by atoms with Crippen LogP contribution in [0, 0.1) is 6.92 Å². The molecule has 0 fully saturated rings. The van der Waals surface area contributed by atoms with Gasteiger partial charge in [0.25, 0.3) is 0 Å². The van der Waals surface area contributed by atoms with Gasteiger partial charge in [0.05, 0.1) is 19.5 Å². The van der Waals surface area contributed by atoms with Crippen molar-refractivity contribution in [3.8, 4) is 0 Å². The van der Waals surface area contributed by atoms with E-state index in [0.717, 1.165) is 35.2 Å². The lowest BCUT2D eigenvalue weighted by Gasteiger charge is -2.22. The molecule has 0 radical (unpaired) electrons. The van der Waals surface area contributed by atoms with E-state index in [4.69, 9.17) is 10.8 Å². The second-order valence-corrected chi connectivity index (χ2v) is 7.92. The number of benzene rings is 2. The number of hydrogen-bond donors (Lipinski definition) is 4. The fourth-order valence-corrected chi connectivity index (χ4v) is 3.37. The van der Waals surface area contributed by atoms with E-state index < -0.39 is 0 Å². The summed E-state index contributed by atoms with van der Waals surface area (Å²) >= 11 is 0. The van der Waals surface area contributed by atoms with Crippen LogP contribution in [0.1, 0.15) is 49.8 Å². The van der Waals surface area contributed by atoms with Gasteiger partial charge in [-0.2, -0.15) is 0 Å². The molecule has 0 bridgehead atoms. The zero-order valence-electron chi connectivity index (χ0n) is 21.7. The molecule has 2 aromatic rings. The minimum Gasteiger partial charge on any atom is -0.395 e. The Morgan fingerprint density at radius 1 is 1.22 bits per heavy atom. The lowest BCUT2D eigenvalue weighted by Crippen LogP contribution is -2.23. The molecule has 0 aliphatic carbocycles. The number of aliphatic hydroxyl groups is 1. The van der Waals surface area contributed by atoms with Gasteiger partial charge in [0, 0.05) is 49.9 Å². The molecule has 1 aliphatic heterocycles. The Hall–Kier alpha value is -3.72. The van der Waals surface area contributed by atoms with Gasteiger partial charge in [-0.3, -0.25) is 14.6 Å². The molecule has 1 heterocycles. The first kappa shape index (κ1) is 30.3. The van der Waals surface area contributed by atoms with Crippen LogP contribution >= 0.6 is 0 Å². The smallest absolute Gasteiger partial charge is 0.224 e. The predicted molar refractivity (Wildman–Crippen MR) is 147 cm³/mol. The van der Waals surface area contributed by atoms with Gasteiger partial charge >= 0.3 is 0 Å². The number of fused-ring (bicyclic) bond motifs is 1. The van der Waals surface area contributed by atoms with Gasteiger partial charge in [0.1, 0.15) is 6.29 Å². The molecule has 3 rings (SSSR count). The molecule has 0 aromatic heterocycles. The van der Waals surface area contributed by atoms with Crippen LogP contribution < -0.4 is 21.3 Å². The summed E-state index contributed by atoms with van der Waals surface area (Å²) in [6.45, 7) is 7.22. The summed E-state index contributed by atoms with van der Waals surface area (Å²) in [4.78, 5) is 38.8. The van der Waals surface area contributed by atoms with Crippen molar-refractivity contribution in [3.05, 3.63) is 53.1 Å². The van der Waals surface area contributed by atoms with Crippen LogP contribution in [0.2, 0.25) is 0 Å². The molecule has 0 saturated heterocycles. The molecule has 2 aromatic carbocycles. The number of nitrogens with zero attached hydrogens (tertiary/aromatic N) is 2. The number of hydrogen-bond acceptors (Lipinski definition) is 6. The van der Waals surface area contributed by atoms with Crippen molar-refractivity contribution in [2.75, 3.05) is 35.7 Å². The number of nitrogens with two attached hydrogens (primary N) is 1. The Morgan fingerprint density at radius 2 is 1.97 bits per heavy atom. The van der Waals surface area contributed by atoms with Crippen LogP contribution in [0.15, 0.2) is 41.4 Å². The minimum atomic E-state index is -0.167. The monoisotopic (exact) mass is 497 g/mol. The quantitative estimate of drug-likeness (QED) is 0.238. The molecule has 0 saturated carbocycles. The minimum absolute atomic E-state index is 0.0870. The van der Waals surface area contributed by atoms with Crippen LogP contribution in [0.4, 0.5) is 17.1 Å². The van der Waals surface area contributed by atoms with Crippen LogP contribution in [0.5, 0.6) is 0 Å². The topological polar surface area (TPSA) is 137 Å². The fourth-order valence-electron chi connectivity index (χ4n) is 3.37. The largest absolute Gasteiger partial charge is 0.395 e. The van der Waals surface area contributed by atoms with Crippen LogP contribution in [0.3, 0.4) is 0 Å². The number of aliphatic imine (C=N–C) groups is 1. The molecule has 5 N–H and O–H groups in total. The highest BCUT2D eigenvalue weighted by Crippen LogP contribution is 2.27. The number of amides is 2. The fraction of sp³-hybridized carbons (Fsp3) is 0.407. The summed E-state index contributed by atoms with van der Waals surface area (Å²) in [6, 6.07) is 11.6. The van der Waals surface area contributed by atoms with E-state index in [-0.39, 0.29) is 31.3 Å². The molecule has 1 aliphatic rings. The van der Waals surface area contributed by atoms with E-state index in [1.165, 1.54) is 11.9 Å². The Bertz CT molecular complexity index is 1020. The molecule has 9 heteroatoms. The number of carbonyl (C=O) groups excluding carboxylic acids is 3. The first-order chi connectivity index (χ1) is 17.4. The number of rotatable bonds is 9. The van der Waals surface area contributed by atoms with Gasteiger partial charge in [-0.05, 0) is 60.4 Å². The van der Waals surface area contributed by atoms with E-state index in [9.17, 15) is 14.4 Å². The van der Waals surface area contributed by atoms with Crippen molar-refractivity contribution in [1.82, 2.24) is 0 Å². The van der Waals surface area contributed by atoms with Gasteiger partial charge in [-0.15, -0.1) is 0 Å². The van der Waals surface area contributed by atoms with Gasteiger partial charge in [0.2, 0.25) is 11.8 Å². The number of nitrogens with one attached hydrogen (secondary N) is 2. The average molecular weight is 498 g/mol. The number of anilines is 3. The predicted octanol–water partition coefficient (Wildman–Crippen LogP) is 3.43. The van der Waals surface area contributed by atoms with Crippen LogP contribution in [-0.2, 0) is 27.3 Å². The van der Waals surface area contributed by atoms with E-state index in [0.29, 0.717) is 25.2 Å². The summed E-state index contributed by atoms with van der Waals surface area (Å²) in [7, 11) is 1.94. The van der Waals surface area contributed by atoms with Gasteiger partial charge in [-0.25, -0.2) is 0 Å². The lowest BCUT2D eigenvalue weighted by molar-refractivity contribution is -0.118. The molecule has 2 amide bonds. The second-order valence-electron chi connectivity index (χ2n) is 7.92. The third-order valence-electron chi connectivity index (χ3n) is 5.35. The molecule has 0 spiro atoms. The molecular formula is C27H39N5O4. The van der Waals surface area contributed by atoms with Crippen molar-refractivity contribution in [2.45, 2.75) is 53.0 Å². The number of carbonyl (C=O) groups is 3. The Morgan fingerprint density at radius 3 is 2.64 bits per heavy atom. The van der Waals surface area contributed by atoms with Gasteiger partial charge < -0.3 is 31.2 Å². The Kier molecular flexibility index (Phi) is 14.2. The van der Waals surface area contributed by atoms with Crippen LogP contribution in [-0.4, -0.2) is 49.7 Å². The Balaban J connectivity index is 0.000000338. The maximum Gasteiger partial charge on any atom is 0.224 e. The second kappa shape index (κ2) is 16.8. The van der Waals surface area contributed by atoms with E-state index in [1.54, 1.807) is 0 Å². The highest BCUT2D eigenvalue weighted by atomic mass is 16.3. The summed E-state index contributed by atoms with van der Waals surface area (Å²) in [5.74, 6) is -0.0804. The SMILES string of the molecule is CC.CN(CCO)c1ccc2c(c1)CCC(=O)N2.Cc1ccc(NC(=O)CCC=O)cc1CN=CN.